The van der Waals surface area contributed by atoms with Crippen LogP contribution in [-0.4, -0.2) is 37.7 Å². The number of nitrogens with two attached hydrogens (primary N) is 1. The van der Waals surface area contributed by atoms with E-state index < -0.39 is 29.8 Å². The van der Waals surface area contributed by atoms with Crippen molar-refractivity contribution < 1.29 is 23.5 Å². The Morgan fingerprint density at radius 1 is 1.35 bits per heavy atom. The van der Waals surface area contributed by atoms with Gasteiger partial charge in [0, 0.05) is 0 Å². The Labute approximate surface area is 116 Å². The van der Waals surface area contributed by atoms with E-state index in [4.69, 9.17) is 10.5 Å². The van der Waals surface area contributed by atoms with Gasteiger partial charge in [0.1, 0.15) is 11.6 Å². The van der Waals surface area contributed by atoms with Gasteiger partial charge in [0.05, 0.1) is 19.7 Å². The molecule has 0 heterocycles. The van der Waals surface area contributed by atoms with Crippen molar-refractivity contribution in [2.45, 2.75) is 19.1 Å². The molecule has 20 heavy (non-hydrogen) atoms. The lowest BCUT2D eigenvalue weighted by molar-refractivity contribution is -0.148. The van der Waals surface area contributed by atoms with Crippen LogP contribution < -0.4 is 15.8 Å². The van der Waals surface area contributed by atoms with Crippen LogP contribution in [-0.2, 0) is 14.3 Å². The topological polar surface area (TPSA) is 90.7 Å². The summed E-state index contributed by atoms with van der Waals surface area (Å²) in [5.74, 6) is -1.20. The van der Waals surface area contributed by atoms with Gasteiger partial charge >= 0.3 is 5.97 Å². The molecule has 0 aromatic heterocycles. The van der Waals surface area contributed by atoms with Crippen LogP contribution in [0.25, 0.3) is 0 Å². The van der Waals surface area contributed by atoms with Gasteiger partial charge in [-0.25, -0.2) is 9.18 Å². The van der Waals surface area contributed by atoms with Gasteiger partial charge in [0.2, 0.25) is 12.0 Å². The van der Waals surface area contributed by atoms with Crippen LogP contribution >= 0.6 is 0 Å². The van der Waals surface area contributed by atoms with Gasteiger partial charge in [-0.05, 0) is 31.2 Å². The molecular formula is C13H17FN2O4. The summed E-state index contributed by atoms with van der Waals surface area (Å²) in [6.45, 7) is 1.42. The first kappa shape index (κ1) is 15.9. The molecule has 1 aromatic rings. The Balaban J connectivity index is 2.67. The number of halogens is 1. The summed E-state index contributed by atoms with van der Waals surface area (Å²) >= 11 is 0. The highest BCUT2D eigenvalue weighted by Crippen LogP contribution is 2.13. The van der Waals surface area contributed by atoms with Crippen molar-refractivity contribution in [1.29, 1.82) is 0 Å². The molecule has 0 radical (unpaired) electrons. The Bertz CT molecular complexity index is 462. The minimum Gasteiger partial charge on any atom is -0.477 e. The number of nitrogens with one attached hydrogen (secondary N) is 1. The average molecular weight is 284 g/mol. The fraction of sp³-hybridized carbons (Fsp3) is 0.385. The third-order valence-corrected chi connectivity index (χ3v) is 2.43. The smallest absolute Gasteiger partial charge is 0.348 e. The van der Waals surface area contributed by atoms with E-state index in [9.17, 15) is 14.0 Å². The van der Waals surface area contributed by atoms with Crippen molar-refractivity contribution in [3.8, 4) is 5.75 Å². The maximum absolute atomic E-state index is 12.8. The van der Waals surface area contributed by atoms with Crippen LogP contribution in [0.4, 0.5) is 4.39 Å². The molecule has 0 fully saturated rings. The highest BCUT2D eigenvalue weighted by atomic mass is 19.1. The first-order valence-corrected chi connectivity index (χ1v) is 5.97. The lowest BCUT2D eigenvalue weighted by Crippen LogP contribution is -2.45. The highest BCUT2D eigenvalue weighted by Gasteiger charge is 2.22. The summed E-state index contributed by atoms with van der Waals surface area (Å²) in [6.07, 6.45) is -1.03. The summed E-state index contributed by atoms with van der Waals surface area (Å²) in [6, 6.07) is 4.45. The zero-order valence-electron chi connectivity index (χ0n) is 11.3. The zero-order valence-corrected chi connectivity index (χ0v) is 11.3. The van der Waals surface area contributed by atoms with Crippen molar-refractivity contribution in [1.82, 2.24) is 5.32 Å². The SMILES string of the molecule is COC(=O)C(CNC(=O)C(C)N)Oc1ccc(F)cc1. The van der Waals surface area contributed by atoms with Gasteiger partial charge in [-0.1, -0.05) is 0 Å². The van der Waals surface area contributed by atoms with Crippen LogP contribution in [0, 0.1) is 5.82 Å². The summed E-state index contributed by atoms with van der Waals surface area (Å²) in [5.41, 5.74) is 5.39. The van der Waals surface area contributed by atoms with Gasteiger partial charge in [0.25, 0.3) is 0 Å². The molecule has 0 aliphatic rings. The normalized spacial score (nSPS) is 13.2. The Morgan fingerprint density at radius 2 is 1.95 bits per heavy atom. The highest BCUT2D eigenvalue weighted by molar-refractivity contribution is 5.82. The fourth-order valence-electron chi connectivity index (χ4n) is 1.34. The van der Waals surface area contributed by atoms with Crippen molar-refractivity contribution in [3.63, 3.8) is 0 Å². The molecule has 1 rings (SSSR count). The van der Waals surface area contributed by atoms with Gasteiger partial charge in [-0.15, -0.1) is 0 Å². The predicted molar refractivity (Wildman–Crippen MR) is 69.5 cm³/mol. The number of amides is 1. The van der Waals surface area contributed by atoms with Crippen LogP contribution in [0.2, 0.25) is 0 Å². The number of methoxy groups -OCH3 is 1. The van der Waals surface area contributed by atoms with E-state index in [0.29, 0.717) is 0 Å². The van der Waals surface area contributed by atoms with Crippen molar-refractivity contribution in [2.75, 3.05) is 13.7 Å². The largest absolute Gasteiger partial charge is 0.477 e. The predicted octanol–water partition coefficient (Wildman–Crippen LogP) is 0.210. The molecule has 110 valence electrons. The number of carbonyl (C=O) groups excluding carboxylic acids is 2. The lowest BCUT2D eigenvalue weighted by Gasteiger charge is -2.18. The number of carbonyl (C=O) groups is 2. The number of ether oxygens (including phenoxy) is 2. The van der Waals surface area contributed by atoms with Gasteiger partial charge < -0.3 is 20.5 Å². The number of esters is 1. The van der Waals surface area contributed by atoms with Crippen LogP contribution in [0.1, 0.15) is 6.92 Å². The van der Waals surface area contributed by atoms with Crippen molar-refractivity contribution in [3.05, 3.63) is 30.1 Å². The van der Waals surface area contributed by atoms with Crippen LogP contribution in [0.3, 0.4) is 0 Å². The summed E-state index contributed by atoms with van der Waals surface area (Å²) in [5, 5.41) is 2.47. The average Bonchev–Trinajstić information content (AvgIpc) is 2.44. The number of hydrogen-bond donors (Lipinski definition) is 2. The lowest BCUT2D eigenvalue weighted by atomic mass is 10.3. The fourth-order valence-corrected chi connectivity index (χ4v) is 1.34. The Hall–Kier alpha value is -2.15. The zero-order chi connectivity index (χ0) is 15.1. The number of hydrogen-bond acceptors (Lipinski definition) is 5. The third-order valence-electron chi connectivity index (χ3n) is 2.43. The van der Waals surface area contributed by atoms with E-state index in [1.807, 2.05) is 0 Å². The molecule has 0 saturated heterocycles. The van der Waals surface area contributed by atoms with E-state index in [2.05, 4.69) is 10.1 Å². The third kappa shape index (κ3) is 4.85. The van der Waals surface area contributed by atoms with E-state index in [1.54, 1.807) is 0 Å². The molecule has 0 aliphatic heterocycles. The van der Waals surface area contributed by atoms with Crippen LogP contribution in [0.5, 0.6) is 5.75 Å². The first-order valence-electron chi connectivity index (χ1n) is 5.97. The van der Waals surface area contributed by atoms with Gasteiger partial charge in [0.15, 0.2) is 0 Å². The second-order valence-corrected chi connectivity index (χ2v) is 4.12. The molecule has 0 spiro atoms. The standard InChI is InChI=1S/C13H17FN2O4/c1-8(15)12(17)16-7-11(13(18)19-2)20-10-5-3-9(14)4-6-10/h3-6,8,11H,7,15H2,1-2H3,(H,16,17). The molecule has 0 bridgehead atoms. The maximum Gasteiger partial charge on any atom is 0.348 e. The molecule has 1 amide bonds. The molecule has 6 nitrogen and oxygen atoms in total. The van der Waals surface area contributed by atoms with Gasteiger partial charge in [-0.3, -0.25) is 4.79 Å². The second kappa shape index (κ2) is 7.44. The molecule has 3 N–H and O–H groups in total. The van der Waals surface area contributed by atoms with E-state index in [-0.39, 0.29) is 12.3 Å². The minimum absolute atomic E-state index is 0.0928. The van der Waals surface area contributed by atoms with Gasteiger partial charge in [-0.2, -0.15) is 0 Å². The molecular weight excluding hydrogens is 267 g/mol. The Kier molecular flexibility index (Phi) is 5.92. The summed E-state index contributed by atoms with van der Waals surface area (Å²) in [4.78, 5) is 22.9. The molecule has 0 saturated carbocycles. The van der Waals surface area contributed by atoms with E-state index >= 15 is 0 Å². The quantitative estimate of drug-likeness (QED) is 0.729. The number of benzene rings is 1. The molecule has 0 aliphatic carbocycles. The van der Waals surface area contributed by atoms with E-state index in [0.717, 1.165) is 0 Å². The number of rotatable bonds is 6. The molecule has 1 aromatic carbocycles. The summed E-state index contributed by atoms with van der Waals surface area (Å²) < 4.78 is 22.7. The van der Waals surface area contributed by atoms with Crippen LogP contribution in [0.15, 0.2) is 24.3 Å². The molecule has 2 atom stereocenters. The molecule has 2 unspecified atom stereocenters. The maximum atomic E-state index is 12.8. The minimum atomic E-state index is -1.03. The summed E-state index contributed by atoms with van der Waals surface area (Å²) in [7, 11) is 1.21. The van der Waals surface area contributed by atoms with Crippen molar-refractivity contribution in [2.24, 2.45) is 5.73 Å². The van der Waals surface area contributed by atoms with E-state index in [1.165, 1.54) is 38.3 Å². The Morgan fingerprint density at radius 3 is 2.45 bits per heavy atom. The second-order valence-electron chi connectivity index (χ2n) is 4.12. The molecule has 7 heteroatoms. The monoisotopic (exact) mass is 284 g/mol. The first-order chi connectivity index (χ1) is 9.43. The van der Waals surface area contributed by atoms with Crippen molar-refractivity contribution >= 4 is 11.9 Å².